The lowest BCUT2D eigenvalue weighted by molar-refractivity contribution is -0.345. The van der Waals surface area contributed by atoms with Gasteiger partial charge in [0.25, 0.3) is 0 Å². The molecule has 2 bridgehead atoms. The van der Waals surface area contributed by atoms with Crippen LogP contribution >= 0.6 is 0 Å². The highest BCUT2D eigenvalue weighted by molar-refractivity contribution is 5.93. The van der Waals surface area contributed by atoms with Gasteiger partial charge in [-0.05, 0) is 63.5 Å². The molecule has 11 atom stereocenters. The quantitative estimate of drug-likeness (QED) is 0.139. The molecule has 2 aromatic carbocycles. The van der Waals surface area contributed by atoms with Crippen molar-refractivity contribution in [2.45, 2.75) is 122 Å². The molecule has 4 aliphatic rings. The van der Waals surface area contributed by atoms with Crippen LogP contribution in [0.2, 0.25) is 0 Å². The molecule has 59 heavy (non-hydrogen) atoms. The fourth-order valence-electron chi connectivity index (χ4n) is 9.97. The lowest BCUT2D eigenvalue weighted by Gasteiger charge is -2.67. The Labute approximate surface area is 343 Å². The molecule has 320 valence electrons. The first-order chi connectivity index (χ1) is 27.5. The maximum absolute atomic E-state index is 15.3. The van der Waals surface area contributed by atoms with Crippen molar-refractivity contribution in [1.82, 2.24) is 5.32 Å². The minimum atomic E-state index is -2.31. The Hall–Kier alpha value is -4.67. The molecule has 2 aromatic rings. The molecule has 1 heterocycles. The van der Waals surface area contributed by atoms with Crippen LogP contribution in [0.1, 0.15) is 90.2 Å². The number of ether oxygens (including phenoxy) is 5. The first kappa shape index (κ1) is 43.9. The maximum Gasteiger partial charge on any atom is 0.408 e. The fraction of sp³-hybridized carbons (Fsp3) is 0.568. The summed E-state index contributed by atoms with van der Waals surface area (Å²) in [7, 11) is 0. The van der Waals surface area contributed by atoms with Gasteiger partial charge in [0.1, 0.15) is 29.5 Å². The first-order valence-corrected chi connectivity index (χ1v) is 19.8. The summed E-state index contributed by atoms with van der Waals surface area (Å²) in [5.41, 5.74) is -7.52. The van der Waals surface area contributed by atoms with E-state index >= 15 is 4.79 Å². The lowest BCUT2D eigenvalue weighted by Crippen LogP contribution is -2.81. The highest BCUT2D eigenvalue weighted by atomic mass is 16.6. The SMILES string of the molecule is CC(=O)O[C@@]12CO[C@@H]1C[C@H](O)[C@@]1(C)C(=O)[C@H](CO)C3=C(C)[C@@H](OC(=O)[C@H](O)[C@@H](NC(=O)OC(C)(C)C)c4ccccc4)C[C@@](O)([C@@H](OC(=O)c4ccccc4)[C@H]21)C3(C)C. The summed E-state index contributed by atoms with van der Waals surface area (Å²) in [6, 6.07) is 14.7. The van der Waals surface area contributed by atoms with E-state index in [0.717, 1.165) is 0 Å². The average molecular weight is 822 g/mol. The van der Waals surface area contributed by atoms with Crippen LogP contribution in [0.15, 0.2) is 71.8 Å². The van der Waals surface area contributed by atoms with Gasteiger partial charge >= 0.3 is 24.0 Å². The van der Waals surface area contributed by atoms with E-state index in [0.29, 0.717) is 5.56 Å². The molecule has 1 saturated heterocycles. The van der Waals surface area contributed by atoms with E-state index in [1.165, 1.54) is 26.0 Å². The summed E-state index contributed by atoms with van der Waals surface area (Å²) in [6.07, 6.45) is -9.23. The van der Waals surface area contributed by atoms with Gasteiger partial charge in [-0.15, -0.1) is 0 Å². The van der Waals surface area contributed by atoms with Gasteiger partial charge < -0.3 is 49.4 Å². The summed E-state index contributed by atoms with van der Waals surface area (Å²) in [5, 5.41) is 50.8. The molecular formula is C44H55NO14. The zero-order chi connectivity index (χ0) is 43.5. The summed E-state index contributed by atoms with van der Waals surface area (Å²) in [5.74, 6) is -6.43. The third kappa shape index (κ3) is 7.45. The summed E-state index contributed by atoms with van der Waals surface area (Å²) in [6.45, 7) is 11.3. The maximum atomic E-state index is 15.3. The molecule has 0 aromatic heterocycles. The van der Waals surface area contributed by atoms with Crippen molar-refractivity contribution >= 4 is 29.8 Å². The van der Waals surface area contributed by atoms with Gasteiger partial charge in [0.15, 0.2) is 17.5 Å². The van der Waals surface area contributed by atoms with Crippen molar-refractivity contribution in [2.24, 2.45) is 22.7 Å². The molecular weight excluding hydrogens is 766 g/mol. The van der Waals surface area contributed by atoms with Crippen molar-refractivity contribution in [3.05, 3.63) is 82.9 Å². The highest BCUT2D eigenvalue weighted by Crippen LogP contribution is 2.65. The Kier molecular flexibility index (Phi) is 11.7. The van der Waals surface area contributed by atoms with Crippen molar-refractivity contribution in [3.63, 3.8) is 0 Å². The Bertz CT molecular complexity index is 1990. The van der Waals surface area contributed by atoms with Crippen LogP contribution in [-0.4, -0.2) is 111 Å². The number of hydrogen-bond acceptors (Lipinski definition) is 14. The third-order valence-electron chi connectivity index (χ3n) is 12.9. The van der Waals surface area contributed by atoms with Gasteiger partial charge in [0.2, 0.25) is 0 Å². The van der Waals surface area contributed by atoms with Gasteiger partial charge in [-0.3, -0.25) is 9.59 Å². The lowest BCUT2D eigenvalue weighted by atomic mass is 9.43. The molecule has 3 aliphatic carbocycles. The number of carbonyl (C=O) groups is 5. The van der Waals surface area contributed by atoms with E-state index < -0.39 is 119 Å². The van der Waals surface area contributed by atoms with Crippen molar-refractivity contribution in [3.8, 4) is 0 Å². The highest BCUT2D eigenvalue weighted by Gasteiger charge is 2.78. The number of ketones is 1. The molecule has 1 aliphatic heterocycles. The molecule has 1 amide bonds. The number of fused-ring (bicyclic) bond motifs is 5. The summed E-state index contributed by atoms with van der Waals surface area (Å²) >= 11 is 0. The van der Waals surface area contributed by atoms with Gasteiger partial charge in [-0.1, -0.05) is 62.4 Å². The molecule has 5 N–H and O–H groups in total. The van der Waals surface area contributed by atoms with Gasteiger partial charge in [0.05, 0.1) is 48.2 Å². The molecule has 0 radical (unpaired) electrons. The standard InChI is InChI=1S/C44H55NO14/c1-23-28(56-38(52)33(49)32(25-15-11-9-12-16-25)45-39(53)59-40(3,4)5)20-44(54)36(57-37(51)26-17-13-10-14-18-26)34-42(8,35(50)27(21-46)31(23)41(44,6)7)29(48)19-30-43(34,22-55-30)58-24(2)47/h9-18,27-30,32-34,36,46,48-49,54H,19-22H2,1-8H3,(H,45,53)/t27-,28+,29+,30-,32+,33-,34+,36+,42-,43+,44-/m1/s1. The Morgan fingerprint density at radius 3 is 2.14 bits per heavy atom. The predicted molar refractivity (Wildman–Crippen MR) is 208 cm³/mol. The Balaban J connectivity index is 1.51. The van der Waals surface area contributed by atoms with Crippen LogP contribution in [-0.2, 0) is 38.1 Å². The molecule has 15 nitrogen and oxygen atoms in total. The number of aliphatic hydroxyl groups excluding tert-OH is 3. The van der Waals surface area contributed by atoms with E-state index in [2.05, 4.69) is 5.32 Å². The number of benzene rings is 2. The minimum absolute atomic E-state index is 0.0924. The van der Waals surface area contributed by atoms with E-state index in [9.17, 15) is 39.6 Å². The summed E-state index contributed by atoms with van der Waals surface area (Å²) in [4.78, 5) is 69.5. The van der Waals surface area contributed by atoms with E-state index in [-0.39, 0.29) is 29.7 Å². The number of hydrogen-bond donors (Lipinski definition) is 5. The first-order valence-electron chi connectivity index (χ1n) is 19.8. The van der Waals surface area contributed by atoms with Gasteiger partial charge in [-0.2, -0.15) is 0 Å². The minimum Gasteiger partial charge on any atom is -0.456 e. The van der Waals surface area contributed by atoms with E-state index in [4.69, 9.17) is 23.7 Å². The van der Waals surface area contributed by atoms with Crippen LogP contribution in [0, 0.1) is 22.7 Å². The number of nitrogens with one attached hydrogen (secondary N) is 1. The normalized spacial score (nSPS) is 33.3. The van der Waals surface area contributed by atoms with Crippen LogP contribution in [0.25, 0.3) is 0 Å². The Morgan fingerprint density at radius 2 is 1.59 bits per heavy atom. The van der Waals surface area contributed by atoms with Crippen molar-refractivity contribution in [2.75, 3.05) is 13.2 Å². The topological polar surface area (TPSA) is 224 Å². The number of esters is 3. The third-order valence-corrected chi connectivity index (χ3v) is 12.9. The zero-order valence-electron chi connectivity index (χ0n) is 34.6. The molecule has 0 unspecified atom stereocenters. The van der Waals surface area contributed by atoms with Crippen LogP contribution < -0.4 is 5.32 Å². The summed E-state index contributed by atoms with van der Waals surface area (Å²) < 4.78 is 29.7. The molecule has 0 spiro atoms. The fourth-order valence-corrected chi connectivity index (χ4v) is 9.97. The zero-order valence-corrected chi connectivity index (χ0v) is 34.6. The number of alkyl carbamates (subject to hydrolysis) is 1. The van der Waals surface area contributed by atoms with Crippen molar-refractivity contribution in [1.29, 1.82) is 0 Å². The monoisotopic (exact) mass is 821 g/mol. The average Bonchev–Trinajstić information content (AvgIpc) is 3.16. The molecule has 6 rings (SSSR count). The predicted octanol–water partition coefficient (Wildman–Crippen LogP) is 3.51. The molecule has 15 heteroatoms. The second-order valence-corrected chi connectivity index (χ2v) is 17.9. The number of carbonyl (C=O) groups excluding carboxylic acids is 5. The second kappa shape index (κ2) is 15.7. The number of aliphatic hydroxyl groups is 4. The van der Waals surface area contributed by atoms with Crippen LogP contribution in [0.3, 0.4) is 0 Å². The van der Waals surface area contributed by atoms with Gasteiger partial charge in [0, 0.05) is 25.2 Å². The van der Waals surface area contributed by atoms with Crippen LogP contribution in [0.5, 0.6) is 0 Å². The number of rotatable bonds is 9. The van der Waals surface area contributed by atoms with Crippen molar-refractivity contribution < 1.29 is 68.1 Å². The van der Waals surface area contributed by atoms with E-state index in [1.54, 1.807) is 90.1 Å². The largest absolute Gasteiger partial charge is 0.456 e. The smallest absolute Gasteiger partial charge is 0.408 e. The molecule has 3 fully saturated rings. The number of amides is 1. The second-order valence-electron chi connectivity index (χ2n) is 17.9. The Morgan fingerprint density at radius 1 is 0.983 bits per heavy atom. The van der Waals surface area contributed by atoms with Gasteiger partial charge in [-0.25, -0.2) is 14.4 Å². The number of Topliss-reactive ketones (excluding diaryl/α,β-unsaturated/α-hetero) is 1. The molecule has 2 saturated carbocycles. The van der Waals surface area contributed by atoms with Crippen LogP contribution in [0.4, 0.5) is 4.79 Å². The van der Waals surface area contributed by atoms with E-state index in [1.807, 2.05) is 0 Å².